The number of amides is 1. The topological polar surface area (TPSA) is 98.5 Å². The fourth-order valence-corrected chi connectivity index (χ4v) is 5.16. The van der Waals surface area contributed by atoms with Crippen molar-refractivity contribution in [2.75, 3.05) is 19.7 Å². The highest BCUT2D eigenvalue weighted by molar-refractivity contribution is 6.12. The van der Waals surface area contributed by atoms with Crippen LogP contribution in [0.3, 0.4) is 0 Å². The number of allylic oxidation sites excluding steroid dienone is 1. The van der Waals surface area contributed by atoms with Gasteiger partial charge >= 0.3 is 12.3 Å². The van der Waals surface area contributed by atoms with Crippen LogP contribution in [0.25, 0.3) is 5.57 Å². The zero-order chi connectivity index (χ0) is 30.8. The molecule has 9 nitrogen and oxygen atoms in total. The number of alkyl halides is 3. The third kappa shape index (κ3) is 7.52. The van der Waals surface area contributed by atoms with Crippen molar-refractivity contribution in [3.8, 4) is 5.88 Å². The third-order valence-corrected chi connectivity index (χ3v) is 7.75. The molecule has 0 radical (unpaired) electrons. The molecule has 1 aromatic heterocycles. The molecule has 1 aliphatic carbocycles. The molecule has 1 aromatic carbocycles. The molecule has 2 aromatic rings. The Hall–Kier alpha value is -3.96. The van der Waals surface area contributed by atoms with E-state index in [2.05, 4.69) is 26.7 Å². The molecule has 0 N–H and O–H groups in total. The van der Waals surface area contributed by atoms with Crippen molar-refractivity contribution >= 4 is 23.3 Å². The lowest BCUT2D eigenvalue weighted by atomic mass is 9.90. The molecule has 2 aliphatic heterocycles. The number of piperidine rings is 1. The minimum absolute atomic E-state index is 0.0519. The molecule has 3 aliphatic rings. The summed E-state index contributed by atoms with van der Waals surface area (Å²) >= 11 is 0. The summed E-state index contributed by atoms with van der Waals surface area (Å²) in [6.07, 6.45) is 2.78. The van der Waals surface area contributed by atoms with E-state index >= 15 is 0 Å². The lowest BCUT2D eigenvalue weighted by molar-refractivity contribution is -0.0686. The van der Waals surface area contributed by atoms with E-state index in [4.69, 9.17) is 14.2 Å². The Morgan fingerprint density at radius 3 is 2.58 bits per heavy atom. The van der Waals surface area contributed by atoms with Gasteiger partial charge in [0.2, 0.25) is 11.8 Å². The second-order valence-electron chi connectivity index (χ2n) is 12.2. The second kappa shape index (κ2) is 12.0. The molecule has 1 atom stereocenters. The van der Waals surface area contributed by atoms with E-state index in [-0.39, 0.29) is 34.4 Å². The van der Waals surface area contributed by atoms with Crippen LogP contribution in [0.2, 0.25) is 0 Å². The van der Waals surface area contributed by atoms with E-state index in [1.807, 2.05) is 20.8 Å². The van der Waals surface area contributed by atoms with Crippen LogP contribution >= 0.6 is 0 Å². The molecule has 12 heteroatoms. The molecule has 1 amide bonds. The summed E-state index contributed by atoms with van der Waals surface area (Å²) in [6.45, 7) is 10.2. The molecule has 1 saturated carbocycles. The van der Waals surface area contributed by atoms with Crippen molar-refractivity contribution in [3.05, 3.63) is 60.1 Å². The lowest BCUT2D eigenvalue weighted by Gasteiger charge is -2.39. The van der Waals surface area contributed by atoms with Gasteiger partial charge in [-0.3, -0.25) is 4.98 Å². The van der Waals surface area contributed by atoms with Gasteiger partial charge in [-0.1, -0.05) is 24.8 Å². The summed E-state index contributed by atoms with van der Waals surface area (Å²) in [4.78, 5) is 23.4. The maximum Gasteiger partial charge on any atom is 0.416 e. The van der Waals surface area contributed by atoms with Gasteiger partial charge in [0.25, 0.3) is 0 Å². The van der Waals surface area contributed by atoms with Gasteiger partial charge in [-0.05, 0) is 64.5 Å². The monoisotopic (exact) mass is 599 g/mol. The summed E-state index contributed by atoms with van der Waals surface area (Å²) in [5.74, 6) is 0.657. The van der Waals surface area contributed by atoms with E-state index in [0.29, 0.717) is 37.6 Å². The third-order valence-electron chi connectivity index (χ3n) is 7.75. The fraction of sp³-hybridized carbons (Fsp3) is 0.516. The summed E-state index contributed by atoms with van der Waals surface area (Å²) in [7, 11) is 0. The number of carbonyl (C=O) groups excluding carboxylic acids is 1. The van der Waals surface area contributed by atoms with Gasteiger partial charge in [-0.2, -0.15) is 13.2 Å². The summed E-state index contributed by atoms with van der Waals surface area (Å²) in [5, 5.41) is 8.66. The van der Waals surface area contributed by atoms with Gasteiger partial charge in [-0.25, -0.2) is 9.78 Å². The molecule has 0 unspecified atom stereocenters. The first-order chi connectivity index (χ1) is 20.3. The minimum atomic E-state index is -4.59. The maximum absolute atomic E-state index is 13.4. The van der Waals surface area contributed by atoms with Crippen molar-refractivity contribution in [3.63, 3.8) is 0 Å². The summed E-state index contributed by atoms with van der Waals surface area (Å²) in [5.41, 5.74) is -0.923. The molecule has 3 heterocycles. The highest BCUT2D eigenvalue weighted by Crippen LogP contribution is 2.54. The highest BCUT2D eigenvalue weighted by atomic mass is 19.4. The van der Waals surface area contributed by atoms with Gasteiger partial charge in [-0.15, -0.1) is 10.2 Å². The molecular weight excluding hydrogens is 563 g/mol. The average molecular weight is 600 g/mol. The number of hydrogen-bond donors (Lipinski definition) is 0. The Labute approximate surface area is 248 Å². The number of rotatable bonds is 6. The van der Waals surface area contributed by atoms with Crippen LogP contribution in [0.15, 0.2) is 53.4 Å². The van der Waals surface area contributed by atoms with Crippen LogP contribution in [0.4, 0.5) is 18.0 Å². The van der Waals surface area contributed by atoms with Crippen molar-refractivity contribution < 1.29 is 32.2 Å². The number of aromatic nitrogens is 2. The second-order valence-corrected chi connectivity index (χ2v) is 12.2. The van der Waals surface area contributed by atoms with Crippen LogP contribution in [0, 0.1) is 5.41 Å². The van der Waals surface area contributed by atoms with E-state index in [0.717, 1.165) is 32.1 Å². The van der Waals surface area contributed by atoms with Crippen LogP contribution in [-0.4, -0.2) is 70.1 Å². The minimum Gasteiger partial charge on any atom is -0.480 e. The largest absolute Gasteiger partial charge is 0.480 e. The maximum atomic E-state index is 13.4. The van der Waals surface area contributed by atoms with E-state index in [9.17, 15) is 18.0 Å². The Kier molecular flexibility index (Phi) is 8.49. The molecule has 5 rings (SSSR count). The zero-order valence-electron chi connectivity index (χ0n) is 24.6. The van der Waals surface area contributed by atoms with Gasteiger partial charge in [0.15, 0.2) is 0 Å². The van der Waals surface area contributed by atoms with Crippen molar-refractivity contribution in [1.29, 1.82) is 0 Å². The Morgan fingerprint density at radius 1 is 1.14 bits per heavy atom. The Morgan fingerprint density at radius 2 is 1.91 bits per heavy atom. The number of halogens is 3. The SMILES string of the molecule is C=C(c1cccc(/C(=N\N=C2/CCCCO2)c2cncc(O[C@H]3CN(C(=O)OC(C)(C)C)CCC34CC4)n2)c1)C(F)(F)F. The fourth-order valence-electron chi connectivity index (χ4n) is 5.16. The number of likely N-dealkylation sites (tertiary alicyclic amines) is 1. The van der Waals surface area contributed by atoms with Crippen molar-refractivity contribution in [2.45, 2.75) is 77.2 Å². The molecular formula is C31H36F3N5O4. The summed E-state index contributed by atoms with van der Waals surface area (Å²) in [6, 6.07) is 5.82. The first kappa shape index (κ1) is 30.5. The molecule has 1 spiro atoms. The number of carbonyl (C=O) groups is 1. The quantitative estimate of drug-likeness (QED) is 0.275. The number of ether oxygens (including phenoxy) is 3. The molecule has 0 bridgehead atoms. The van der Waals surface area contributed by atoms with E-state index in [1.54, 1.807) is 11.0 Å². The van der Waals surface area contributed by atoms with Gasteiger partial charge in [0, 0.05) is 23.9 Å². The number of nitrogens with zero attached hydrogens (tertiary/aromatic N) is 5. The van der Waals surface area contributed by atoms with Crippen molar-refractivity contribution in [2.24, 2.45) is 15.6 Å². The number of benzene rings is 1. The first-order valence-electron chi connectivity index (χ1n) is 14.4. The molecule has 43 heavy (non-hydrogen) atoms. The number of hydrogen-bond acceptors (Lipinski definition) is 8. The van der Waals surface area contributed by atoms with Crippen LogP contribution in [0.1, 0.15) is 76.1 Å². The van der Waals surface area contributed by atoms with E-state index in [1.165, 1.54) is 30.6 Å². The predicted molar refractivity (Wildman–Crippen MR) is 155 cm³/mol. The van der Waals surface area contributed by atoms with Crippen LogP contribution < -0.4 is 4.74 Å². The van der Waals surface area contributed by atoms with E-state index < -0.39 is 23.4 Å². The van der Waals surface area contributed by atoms with Crippen LogP contribution in [-0.2, 0) is 9.47 Å². The standard InChI is InChI=1S/C31H36F3N5O4/c1-20(31(32,33)34)21-8-7-9-22(16-21)27(38-37-25-10-5-6-15-41-25)23-17-35-18-26(36-23)42-24-19-39(14-13-30(24)11-12-30)28(40)43-29(2,3)4/h7-9,16-18,24H,1,5-6,10-15,19H2,2-4H3/b37-25+,38-27+/t24-/m0/s1. The summed E-state index contributed by atoms with van der Waals surface area (Å²) < 4.78 is 57.9. The van der Waals surface area contributed by atoms with Gasteiger partial charge in [0.05, 0.1) is 31.1 Å². The molecule has 230 valence electrons. The molecule has 3 fully saturated rings. The van der Waals surface area contributed by atoms with Crippen LogP contribution in [0.5, 0.6) is 5.88 Å². The smallest absolute Gasteiger partial charge is 0.416 e. The Bertz CT molecular complexity index is 1420. The lowest BCUT2D eigenvalue weighted by Crippen LogP contribution is -2.51. The van der Waals surface area contributed by atoms with Gasteiger partial charge in [0.1, 0.15) is 23.1 Å². The average Bonchev–Trinajstić information content (AvgIpc) is 3.74. The zero-order valence-corrected chi connectivity index (χ0v) is 24.6. The first-order valence-corrected chi connectivity index (χ1v) is 14.4. The normalized spacial score (nSPS) is 21.3. The predicted octanol–water partition coefficient (Wildman–Crippen LogP) is 6.57. The molecule has 2 saturated heterocycles. The van der Waals surface area contributed by atoms with Crippen molar-refractivity contribution in [1.82, 2.24) is 14.9 Å². The van der Waals surface area contributed by atoms with Gasteiger partial charge < -0.3 is 19.1 Å². The Balaban J connectivity index is 1.44. The highest BCUT2D eigenvalue weighted by Gasteiger charge is 2.54.